The van der Waals surface area contributed by atoms with Crippen molar-refractivity contribution in [2.75, 3.05) is 17.2 Å². The van der Waals surface area contributed by atoms with Crippen LogP contribution in [0.3, 0.4) is 0 Å². The summed E-state index contributed by atoms with van der Waals surface area (Å²) in [5, 5.41) is 14.6. The van der Waals surface area contributed by atoms with Gasteiger partial charge in [-0.15, -0.1) is 0 Å². The Morgan fingerprint density at radius 2 is 2.09 bits per heavy atom. The summed E-state index contributed by atoms with van der Waals surface area (Å²) < 4.78 is 5.33. The van der Waals surface area contributed by atoms with Gasteiger partial charge in [-0.3, -0.25) is 4.79 Å². The summed E-state index contributed by atoms with van der Waals surface area (Å²) in [6, 6.07) is 14.1. The van der Waals surface area contributed by atoms with Crippen molar-refractivity contribution in [3.8, 4) is 11.8 Å². The minimum atomic E-state index is -0.500. The molecule has 2 aromatic rings. The third-order valence-corrected chi connectivity index (χ3v) is 2.82. The van der Waals surface area contributed by atoms with Crippen LogP contribution in [-0.4, -0.2) is 17.5 Å². The highest BCUT2D eigenvalue weighted by atomic mass is 16.5. The zero-order valence-electron chi connectivity index (χ0n) is 12.6. The average molecular weight is 308 g/mol. The maximum absolute atomic E-state index is 12.1. The third kappa shape index (κ3) is 4.86. The highest BCUT2D eigenvalue weighted by Crippen LogP contribution is 2.16. The van der Waals surface area contributed by atoms with Crippen molar-refractivity contribution in [2.24, 2.45) is 0 Å². The van der Waals surface area contributed by atoms with E-state index in [1.165, 1.54) is 6.20 Å². The topological polar surface area (TPSA) is 87.0 Å². The molecule has 1 aromatic heterocycles. The average Bonchev–Trinajstić information content (AvgIpc) is 2.58. The molecule has 0 spiro atoms. The Hall–Kier alpha value is -3.33. The zero-order valence-corrected chi connectivity index (χ0v) is 12.6. The summed E-state index contributed by atoms with van der Waals surface area (Å²) in [7, 11) is 0. The Labute approximate surface area is 134 Å². The first-order valence-electron chi connectivity index (χ1n) is 7.05. The van der Waals surface area contributed by atoms with E-state index in [9.17, 15) is 4.79 Å². The van der Waals surface area contributed by atoms with Gasteiger partial charge in [0.15, 0.2) is 0 Å². The SMILES string of the molecule is CCOc1ccc(NC(=O)/C(C#N)=C\Nc2ccccn2)cc1. The molecule has 1 aromatic carbocycles. The van der Waals surface area contributed by atoms with Crippen molar-refractivity contribution in [1.29, 1.82) is 5.26 Å². The van der Waals surface area contributed by atoms with Crippen molar-refractivity contribution >= 4 is 17.4 Å². The molecule has 6 nitrogen and oxygen atoms in total. The van der Waals surface area contributed by atoms with Crippen LogP contribution < -0.4 is 15.4 Å². The maximum Gasteiger partial charge on any atom is 0.267 e. The number of hydrogen-bond acceptors (Lipinski definition) is 5. The molecule has 0 saturated carbocycles. The smallest absolute Gasteiger partial charge is 0.267 e. The molecule has 23 heavy (non-hydrogen) atoms. The molecule has 0 saturated heterocycles. The number of carbonyl (C=O) groups excluding carboxylic acids is 1. The van der Waals surface area contributed by atoms with Gasteiger partial charge in [-0.1, -0.05) is 6.07 Å². The molecule has 6 heteroatoms. The second kappa shape index (κ2) is 8.20. The largest absolute Gasteiger partial charge is 0.494 e. The van der Waals surface area contributed by atoms with Gasteiger partial charge in [0.2, 0.25) is 0 Å². The van der Waals surface area contributed by atoms with E-state index in [1.807, 2.05) is 13.0 Å². The number of nitrogens with one attached hydrogen (secondary N) is 2. The number of amides is 1. The van der Waals surface area contributed by atoms with Crippen molar-refractivity contribution < 1.29 is 9.53 Å². The summed E-state index contributed by atoms with van der Waals surface area (Å²) >= 11 is 0. The van der Waals surface area contributed by atoms with Crippen molar-refractivity contribution in [1.82, 2.24) is 4.98 Å². The van der Waals surface area contributed by atoms with Crippen LogP contribution in [0.15, 0.2) is 60.4 Å². The molecule has 0 bridgehead atoms. The lowest BCUT2D eigenvalue weighted by atomic mass is 10.2. The molecule has 0 unspecified atom stereocenters. The molecule has 0 aliphatic heterocycles. The molecule has 116 valence electrons. The Bertz CT molecular complexity index is 719. The minimum absolute atomic E-state index is 0.0514. The van der Waals surface area contributed by atoms with Gasteiger partial charge in [-0.25, -0.2) is 4.98 Å². The fourth-order valence-electron chi connectivity index (χ4n) is 1.74. The molecule has 0 radical (unpaired) electrons. The van der Waals surface area contributed by atoms with E-state index in [0.29, 0.717) is 18.1 Å². The molecule has 2 rings (SSSR count). The lowest BCUT2D eigenvalue weighted by Crippen LogP contribution is -2.14. The first-order valence-corrected chi connectivity index (χ1v) is 7.05. The molecule has 0 aliphatic rings. The van der Waals surface area contributed by atoms with Crippen molar-refractivity contribution in [3.05, 3.63) is 60.4 Å². The van der Waals surface area contributed by atoms with Crippen LogP contribution in [-0.2, 0) is 4.79 Å². The molecular weight excluding hydrogens is 292 g/mol. The number of pyridine rings is 1. The van der Waals surface area contributed by atoms with E-state index >= 15 is 0 Å². The van der Waals surface area contributed by atoms with Crippen LogP contribution in [0.5, 0.6) is 5.75 Å². The molecular formula is C17H16N4O2. The number of carbonyl (C=O) groups is 1. The van der Waals surface area contributed by atoms with Gasteiger partial charge in [0.05, 0.1) is 6.61 Å². The Morgan fingerprint density at radius 1 is 1.30 bits per heavy atom. The molecule has 2 N–H and O–H groups in total. The summed E-state index contributed by atoms with van der Waals surface area (Å²) in [4.78, 5) is 16.1. The summed E-state index contributed by atoms with van der Waals surface area (Å²) in [6.07, 6.45) is 2.94. The number of benzene rings is 1. The van der Waals surface area contributed by atoms with E-state index < -0.39 is 5.91 Å². The van der Waals surface area contributed by atoms with E-state index in [2.05, 4.69) is 15.6 Å². The summed E-state index contributed by atoms with van der Waals surface area (Å²) in [5.41, 5.74) is 0.530. The molecule has 1 heterocycles. The predicted octanol–water partition coefficient (Wildman–Crippen LogP) is 2.94. The minimum Gasteiger partial charge on any atom is -0.494 e. The monoisotopic (exact) mass is 308 g/mol. The van der Waals surface area contributed by atoms with Crippen molar-refractivity contribution in [3.63, 3.8) is 0 Å². The summed E-state index contributed by atoms with van der Waals surface area (Å²) in [5.74, 6) is 0.771. The maximum atomic E-state index is 12.1. The fourth-order valence-corrected chi connectivity index (χ4v) is 1.74. The number of ether oxygens (including phenoxy) is 1. The van der Waals surface area contributed by atoms with Crippen LogP contribution in [0.2, 0.25) is 0 Å². The zero-order chi connectivity index (χ0) is 16.5. The number of aromatic nitrogens is 1. The van der Waals surface area contributed by atoms with Crippen LogP contribution in [0, 0.1) is 11.3 Å². The fraction of sp³-hybridized carbons (Fsp3) is 0.118. The number of hydrogen-bond donors (Lipinski definition) is 2. The van der Waals surface area contributed by atoms with Crippen molar-refractivity contribution in [2.45, 2.75) is 6.92 Å². The number of nitrogens with zero attached hydrogens (tertiary/aromatic N) is 2. The van der Waals surface area contributed by atoms with E-state index in [4.69, 9.17) is 10.00 Å². The molecule has 0 aliphatic carbocycles. The highest BCUT2D eigenvalue weighted by Gasteiger charge is 2.09. The van der Waals surface area contributed by atoms with Gasteiger partial charge in [0.1, 0.15) is 23.2 Å². The Balaban J connectivity index is 2.01. The standard InChI is InChI=1S/C17H16N4O2/c1-2-23-15-8-6-14(7-9-15)21-17(22)13(11-18)12-20-16-5-3-4-10-19-16/h3-10,12H,2H2,1H3,(H,19,20)(H,21,22)/b13-12-. The number of nitriles is 1. The van der Waals surface area contributed by atoms with Crippen LogP contribution >= 0.6 is 0 Å². The predicted molar refractivity (Wildman–Crippen MR) is 87.8 cm³/mol. The van der Waals surface area contributed by atoms with Gasteiger partial charge < -0.3 is 15.4 Å². The lowest BCUT2D eigenvalue weighted by Gasteiger charge is -2.07. The second-order valence-electron chi connectivity index (χ2n) is 4.44. The first kappa shape index (κ1) is 16.0. The Kier molecular flexibility index (Phi) is 5.72. The Morgan fingerprint density at radius 3 is 2.70 bits per heavy atom. The highest BCUT2D eigenvalue weighted by molar-refractivity contribution is 6.06. The third-order valence-electron chi connectivity index (χ3n) is 2.82. The second-order valence-corrected chi connectivity index (χ2v) is 4.44. The van der Waals surface area contributed by atoms with E-state index in [0.717, 1.165) is 5.75 Å². The first-order chi connectivity index (χ1) is 11.2. The summed E-state index contributed by atoms with van der Waals surface area (Å²) in [6.45, 7) is 2.47. The van der Waals surface area contributed by atoms with Crippen LogP contribution in [0.4, 0.5) is 11.5 Å². The van der Waals surface area contributed by atoms with Gasteiger partial charge >= 0.3 is 0 Å². The van der Waals surface area contributed by atoms with Gasteiger partial charge in [-0.05, 0) is 43.3 Å². The van der Waals surface area contributed by atoms with Crippen LogP contribution in [0.25, 0.3) is 0 Å². The molecule has 0 atom stereocenters. The number of anilines is 2. The quantitative estimate of drug-likeness (QED) is 0.633. The van der Waals surface area contributed by atoms with E-state index in [-0.39, 0.29) is 5.57 Å². The van der Waals surface area contributed by atoms with Gasteiger partial charge in [0, 0.05) is 18.1 Å². The lowest BCUT2D eigenvalue weighted by molar-refractivity contribution is -0.112. The van der Waals surface area contributed by atoms with Gasteiger partial charge in [0.25, 0.3) is 5.91 Å². The van der Waals surface area contributed by atoms with E-state index in [1.54, 1.807) is 48.7 Å². The van der Waals surface area contributed by atoms with Crippen LogP contribution in [0.1, 0.15) is 6.92 Å². The normalized spacial score (nSPS) is 10.5. The van der Waals surface area contributed by atoms with Gasteiger partial charge in [-0.2, -0.15) is 5.26 Å². The molecule has 0 fully saturated rings. The number of rotatable bonds is 6. The molecule has 1 amide bonds.